The summed E-state index contributed by atoms with van der Waals surface area (Å²) in [5.41, 5.74) is -1.15. The Balaban J connectivity index is 1.74. The van der Waals surface area contributed by atoms with Crippen molar-refractivity contribution in [1.82, 2.24) is 0 Å². The van der Waals surface area contributed by atoms with Crippen LogP contribution in [0.1, 0.15) is 72.1 Å². The molecule has 0 bridgehead atoms. The van der Waals surface area contributed by atoms with Gasteiger partial charge in [-0.15, -0.1) is 0 Å². The topological polar surface area (TPSA) is 62.4 Å². The fourth-order valence-electron chi connectivity index (χ4n) is 6.01. The zero-order valence-corrected chi connectivity index (χ0v) is 14.0. The average Bonchev–Trinajstić information content (AvgIpc) is 3.31. The summed E-state index contributed by atoms with van der Waals surface area (Å²) in [5, 5.41) is 10.1. The molecule has 0 aromatic heterocycles. The zero-order valence-electron chi connectivity index (χ0n) is 14.0. The molecule has 2 aliphatic carbocycles. The minimum atomic E-state index is -0.768. The molecule has 1 N–H and O–H groups in total. The number of epoxide rings is 2. The monoisotopic (exact) mass is 308 g/mol. The molecule has 2 aliphatic heterocycles. The lowest BCUT2D eigenvalue weighted by Gasteiger charge is -2.51. The summed E-state index contributed by atoms with van der Waals surface area (Å²) >= 11 is 0. The van der Waals surface area contributed by atoms with Crippen molar-refractivity contribution in [3.63, 3.8) is 0 Å². The number of hydrogen-bond donors (Lipinski definition) is 1. The highest BCUT2D eigenvalue weighted by Gasteiger charge is 3.01. The highest BCUT2D eigenvalue weighted by Crippen LogP contribution is 2.86. The zero-order chi connectivity index (χ0) is 15.8. The Hall–Kier alpha value is -0.610. The van der Waals surface area contributed by atoms with Crippen molar-refractivity contribution in [3.05, 3.63) is 0 Å². The standard InChI is InChI=1S/C18H28O4/c1-4-16(11-13-8-6-5-7-9-13)15(3,14(19)20)12(2)10-17-18(16,21-17)22-17/h12-13H,4-11H2,1-3H3,(H,19,20). The summed E-state index contributed by atoms with van der Waals surface area (Å²) in [7, 11) is 0. The number of carbonyl (C=O) groups is 1. The van der Waals surface area contributed by atoms with Crippen LogP contribution in [0.4, 0.5) is 0 Å². The van der Waals surface area contributed by atoms with Gasteiger partial charge in [0.15, 0.2) is 0 Å². The van der Waals surface area contributed by atoms with E-state index in [-0.39, 0.29) is 11.3 Å². The number of carboxylic acid groups (broad SMARTS) is 1. The predicted molar refractivity (Wildman–Crippen MR) is 81.1 cm³/mol. The summed E-state index contributed by atoms with van der Waals surface area (Å²) in [6, 6.07) is 0. The molecule has 2 saturated heterocycles. The Bertz CT molecular complexity index is 503. The molecule has 124 valence electrons. The van der Waals surface area contributed by atoms with E-state index in [0.29, 0.717) is 5.92 Å². The van der Waals surface area contributed by atoms with Gasteiger partial charge in [0.2, 0.25) is 11.6 Å². The van der Waals surface area contributed by atoms with Gasteiger partial charge in [-0.25, -0.2) is 0 Å². The molecule has 0 aromatic rings. The molecule has 4 nitrogen and oxygen atoms in total. The summed E-state index contributed by atoms with van der Waals surface area (Å²) < 4.78 is 12.0. The van der Waals surface area contributed by atoms with Gasteiger partial charge in [-0.1, -0.05) is 46.0 Å². The molecule has 4 rings (SSSR count). The molecule has 22 heavy (non-hydrogen) atoms. The van der Waals surface area contributed by atoms with Crippen molar-refractivity contribution < 1.29 is 19.4 Å². The largest absolute Gasteiger partial charge is 0.481 e. The molecule has 0 amide bonds. The number of carboxylic acids is 1. The van der Waals surface area contributed by atoms with Crippen LogP contribution >= 0.6 is 0 Å². The Morgan fingerprint density at radius 1 is 1.23 bits per heavy atom. The number of hydrogen-bond acceptors (Lipinski definition) is 3. The van der Waals surface area contributed by atoms with Crippen molar-refractivity contribution >= 4 is 5.97 Å². The van der Waals surface area contributed by atoms with E-state index in [4.69, 9.17) is 9.47 Å². The minimum absolute atomic E-state index is 0.0756. The van der Waals surface area contributed by atoms with Gasteiger partial charge in [0.25, 0.3) is 0 Å². The van der Waals surface area contributed by atoms with E-state index in [1.54, 1.807) is 0 Å². The molecule has 3 unspecified atom stereocenters. The fourth-order valence-corrected chi connectivity index (χ4v) is 6.01. The first-order valence-electron chi connectivity index (χ1n) is 9.01. The number of ether oxygens (including phenoxy) is 2. The highest BCUT2D eigenvalue weighted by molar-refractivity contribution is 5.77. The van der Waals surface area contributed by atoms with Crippen LogP contribution in [-0.2, 0) is 14.3 Å². The summed E-state index contributed by atoms with van der Waals surface area (Å²) in [6.07, 6.45) is 8.83. The van der Waals surface area contributed by atoms with Gasteiger partial charge >= 0.3 is 5.97 Å². The molecule has 4 aliphatic rings. The lowest BCUT2D eigenvalue weighted by molar-refractivity contribution is -0.193. The van der Waals surface area contributed by atoms with Crippen LogP contribution in [0.5, 0.6) is 0 Å². The van der Waals surface area contributed by atoms with Gasteiger partial charge in [0.05, 0.1) is 5.41 Å². The molecule has 0 aromatic carbocycles. The number of aliphatic carboxylic acids is 1. The smallest absolute Gasteiger partial charge is 0.310 e. The maximum Gasteiger partial charge on any atom is 0.310 e. The van der Waals surface area contributed by atoms with Crippen LogP contribution in [-0.4, -0.2) is 22.7 Å². The van der Waals surface area contributed by atoms with E-state index < -0.39 is 23.0 Å². The first kappa shape index (κ1) is 14.9. The fraction of sp³-hybridized carbons (Fsp3) is 0.944. The van der Waals surface area contributed by atoms with Gasteiger partial charge < -0.3 is 14.6 Å². The molecular weight excluding hydrogens is 280 g/mol. The lowest BCUT2D eigenvalue weighted by atomic mass is 9.48. The summed E-state index contributed by atoms with van der Waals surface area (Å²) in [4.78, 5) is 12.3. The molecular formula is C18H28O4. The summed E-state index contributed by atoms with van der Waals surface area (Å²) in [5.74, 6) is -0.978. The van der Waals surface area contributed by atoms with E-state index in [0.717, 1.165) is 19.3 Å². The van der Waals surface area contributed by atoms with E-state index in [2.05, 4.69) is 13.8 Å². The van der Waals surface area contributed by atoms with Crippen LogP contribution in [0.15, 0.2) is 0 Å². The average molecular weight is 308 g/mol. The van der Waals surface area contributed by atoms with Gasteiger partial charge in [0, 0.05) is 11.8 Å². The first-order valence-corrected chi connectivity index (χ1v) is 9.01. The lowest BCUT2D eigenvalue weighted by Crippen LogP contribution is -2.57. The minimum Gasteiger partial charge on any atom is -0.481 e. The SMILES string of the molecule is CCC1(CC2CCCCC2)C(C)(C(=O)O)C(C)CC23OC21O3. The van der Waals surface area contributed by atoms with Crippen LogP contribution < -0.4 is 0 Å². The third kappa shape index (κ3) is 1.44. The van der Waals surface area contributed by atoms with Crippen LogP contribution in [0.3, 0.4) is 0 Å². The molecule has 2 heterocycles. The van der Waals surface area contributed by atoms with Crippen molar-refractivity contribution in [1.29, 1.82) is 0 Å². The Morgan fingerprint density at radius 2 is 1.86 bits per heavy atom. The summed E-state index contributed by atoms with van der Waals surface area (Å²) in [6.45, 7) is 6.15. The maximum absolute atomic E-state index is 12.3. The second kappa shape index (κ2) is 4.27. The third-order valence-corrected chi connectivity index (χ3v) is 7.63. The van der Waals surface area contributed by atoms with E-state index >= 15 is 0 Å². The van der Waals surface area contributed by atoms with Crippen LogP contribution in [0.25, 0.3) is 0 Å². The molecule has 0 spiro atoms. The van der Waals surface area contributed by atoms with Crippen molar-refractivity contribution in [2.45, 2.75) is 83.7 Å². The molecule has 4 fully saturated rings. The Kier molecular flexibility index (Phi) is 2.90. The van der Waals surface area contributed by atoms with Gasteiger partial charge in [-0.2, -0.15) is 0 Å². The van der Waals surface area contributed by atoms with Crippen molar-refractivity contribution in [3.8, 4) is 0 Å². The van der Waals surface area contributed by atoms with Gasteiger partial charge in [0.1, 0.15) is 0 Å². The molecule has 0 radical (unpaired) electrons. The Labute approximate surface area is 132 Å². The quantitative estimate of drug-likeness (QED) is 0.799. The van der Waals surface area contributed by atoms with Crippen LogP contribution in [0, 0.1) is 22.7 Å². The molecule has 3 atom stereocenters. The highest BCUT2D eigenvalue weighted by atomic mass is 17.0. The second-order valence-corrected chi connectivity index (χ2v) is 8.33. The predicted octanol–water partition coefficient (Wildman–Crippen LogP) is 3.94. The maximum atomic E-state index is 12.3. The normalized spacial score (nSPS) is 53.5. The van der Waals surface area contributed by atoms with Crippen molar-refractivity contribution in [2.75, 3.05) is 0 Å². The third-order valence-electron chi connectivity index (χ3n) is 7.63. The number of rotatable bonds is 4. The second-order valence-electron chi connectivity index (χ2n) is 8.33. The van der Waals surface area contributed by atoms with E-state index in [1.165, 1.54) is 32.1 Å². The van der Waals surface area contributed by atoms with Crippen LogP contribution in [0.2, 0.25) is 0 Å². The van der Waals surface area contributed by atoms with Gasteiger partial charge in [-0.05, 0) is 31.6 Å². The van der Waals surface area contributed by atoms with Crippen molar-refractivity contribution in [2.24, 2.45) is 22.7 Å². The first-order chi connectivity index (χ1) is 10.4. The van der Waals surface area contributed by atoms with E-state index in [1.807, 2.05) is 6.92 Å². The molecule has 4 heteroatoms. The molecule has 2 saturated carbocycles. The Morgan fingerprint density at radius 3 is 2.41 bits per heavy atom. The van der Waals surface area contributed by atoms with Gasteiger partial charge in [-0.3, -0.25) is 4.79 Å². The van der Waals surface area contributed by atoms with E-state index in [9.17, 15) is 9.90 Å².